The van der Waals surface area contributed by atoms with E-state index in [0.717, 1.165) is 35.5 Å². The van der Waals surface area contributed by atoms with Crippen LogP contribution in [0.1, 0.15) is 32.0 Å². The molecule has 0 saturated carbocycles. The van der Waals surface area contributed by atoms with Crippen molar-refractivity contribution >= 4 is 21.1 Å². The van der Waals surface area contributed by atoms with Crippen molar-refractivity contribution in [1.82, 2.24) is 18.8 Å². The zero-order chi connectivity index (χ0) is 20.8. The Kier molecular flexibility index (Phi) is 5.12. The minimum Gasteiger partial charge on any atom is -0.326 e. The van der Waals surface area contributed by atoms with Gasteiger partial charge in [0.1, 0.15) is 17.5 Å². The van der Waals surface area contributed by atoms with E-state index >= 15 is 0 Å². The first-order valence-corrected chi connectivity index (χ1v) is 11.0. The molecule has 0 spiro atoms. The number of sulfonamides is 1. The van der Waals surface area contributed by atoms with Crippen LogP contribution >= 0.6 is 0 Å². The van der Waals surface area contributed by atoms with Gasteiger partial charge in [0.15, 0.2) is 0 Å². The highest BCUT2D eigenvalue weighted by Gasteiger charge is 2.36. The number of rotatable bonds is 5. The molecule has 1 fully saturated rings. The van der Waals surface area contributed by atoms with Crippen LogP contribution in [0.25, 0.3) is 11.0 Å². The van der Waals surface area contributed by atoms with Gasteiger partial charge in [-0.2, -0.15) is 4.31 Å². The summed E-state index contributed by atoms with van der Waals surface area (Å²) in [6.45, 7) is 5.45. The highest BCUT2D eigenvalue weighted by atomic mass is 32.2. The second-order valence-electron chi connectivity index (χ2n) is 7.79. The van der Waals surface area contributed by atoms with E-state index in [4.69, 9.17) is 4.98 Å². The van der Waals surface area contributed by atoms with Gasteiger partial charge in [-0.3, -0.25) is 4.98 Å². The Morgan fingerprint density at radius 2 is 1.93 bits per heavy atom. The number of fused-ring (bicyclic) bond motifs is 1. The smallest absolute Gasteiger partial charge is 0.243 e. The topological polar surface area (TPSA) is 68.1 Å². The van der Waals surface area contributed by atoms with E-state index in [0.29, 0.717) is 18.4 Å². The highest BCUT2D eigenvalue weighted by molar-refractivity contribution is 7.89. The molecule has 1 aliphatic heterocycles. The van der Waals surface area contributed by atoms with Crippen LogP contribution in [-0.4, -0.2) is 40.3 Å². The Balaban J connectivity index is 1.66. The third kappa shape index (κ3) is 3.76. The Labute approximate surface area is 168 Å². The van der Waals surface area contributed by atoms with E-state index in [9.17, 15) is 17.2 Å². The SMILES string of the molecule is CC(C)Cn1c([C@H]2CCN(S(=O)(=O)c3cc(F)cc(F)c3)C2)nc2ccncc21. The molecule has 1 atom stereocenters. The second kappa shape index (κ2) is 7.46. The van der Waals surface area contributed by atoms with Crippen molar-refractivity contribution in [3.8, 4) is 0 Å². The van der Waals surface area contributed by atoms with E-state index in [1.54, 1.807) is 12.4 Å². The van der Waals surface area contributed by atoms with Gasteiger partial charge in [0.2, 0.25) is 10.0 Å². The van der Waals surface area contributed by atoms with Gasteiger partial charge in [-0.15, -0.1) is 0 Å². The maximum atomic E-state index is 13.5. The molecule has 0 aliphatic carbocycles. The van der Waals surface area contributed by atoms with Gasteiger partial charge in [0.25, 0.3) is 0 Å². The standard InChI is InChI=1S/C20H22F2N4O2S/c1-13(2)11-26-19-10-23-5-3-18(19)24-20(26)14-4-6-25(12-14)29(27,28)17-8-15(21)7-16(22)9-17/h3,5,7-10,13-14H,4,6,11-12H2,1-2H3/t14-/m0/s1. The monoisotopic (exact) mass is 420 g/mol. The first kappa shape index (κ1) is 19.9. The molecule has 1 aromatic carbocycles. The Morgan fingerprint density at radius 1 is 1.21 bits per heavy atom. The van der Waals surface area contributed by atoms with E-state index in [-0.39, 0.29) is 23.9 Å². The molecule has 0 radical (unpaired) electrons. The number of nitrogens with zero attached hydrogens (tertiary/aromatic N) is 4. The molecule has 9 heteroatoms. The van der Waals surface area contributed by atoms with Gasteiger partial charge in [-0.05, 0) is 30.5 Å². The molecule has 6 nitrogen and oxygen atoms in total. The Bertz CT molecular complexity index is 1140. The number of imidazole rings is 1. The summed E-state index contributed by atoms with van der Waals surface area (Å²) in [6.07, 6.45) is 4.04. The molecule has 0 amide bonds. The highest BCUT2D eigenvalue weighted by Crippen LogP contribution is 2.33. The van der Waals surface area contributed by atoms with Crippen LogP contribution in [0.5, 0.6) is 0 Å². The summed E-state index contributed by atoms with van der Waals surface area (Å²) >= 11 is 0. The second-order valence-corrected chi connectivity index (χ2v) is 9.73. The molecule has 154 valence electrons. The molecule has 2 aromatic heterocycles. The van der Waals surface area contributed by atoms with Crippen molar-refractivity contribution < 1.29 is 17.2 Å². The lowest BCUT2D eigenvalue weighted by molar-refractivity contribution is 0.461. The van der Waals surface area contributed by atoms with Gasteiger partial charge in [0.05, 0.1) is 22.1 Å². The van der Waals surface area contributed by atoms with Crippen LogP contribution in [0.4, 0.5) is 8.78 Å². The van der Waals surface area contributed by atoms with Crippen LogP contribution in [0, 0.1) is 17.6 Å². The van der Waals surface area contributed by atoms with Crippen molar-refractivity contribution in [1.29, 1.82) is 0 Å². The molecule has 29 heavy (non-hydrogen) atoms. The van der Waals surface area contributed by atoms with Crippen LogP contribution in [0.3, 0.4) is 0 Å². The first-order chi connectivity index (χ1) is 13.8. The molecule has 1 saturated heterocycles. The number of benzene rings is 1. The zero-order valence-electron chi connectivity index (χ0n) is 16.2. The van der Waals surface area contributed by atoms with E-state index in [1.807, 2.05) is 6.07 Å². The Morgan fingerprint density at radius 3 is 2.62 bits per heavy atom. The van der Waals surface area contributed by atoms with E-state index in [1.165, 1.54) is 4.31 Å². The third-order valence-electron chi connectivity index (χ3n) is 5.12. The third-order valence-corrected chi connectivity index (χ3v) is 6.96. The zero-order valence-corrected chi connectivity index (χ0v) is 17.0. The van der Waals surface area contributed by atoms with Crippen molar-refractivity contribution in [3.05, 3.63) is 54.1 Å². The van der Waals surface area contributed by atoms with Gasteiger partial charge >= 0.3 is 0 Å². The fourth-order valence-electron chi connectivity index (χ4n) is 3.84. The molecule has 3 aromatic rings. The van der Waals surface area contributed by atoms with Crippen molar-refractivity contribution in [3.63, 3.8) is 0 Å². The number of aromatic nitrogens is 3. The van der Waals surface area contributed by atoms with Crippen molar-refractivity contribution in [2.24, 2.45) is 5.92 Å². The number of pyridine rings is 1. The summed E-state index contributed by atoms with van der Waals surface area (Å²) in [5, 5.41) is 0. The fourth-order valence-corrected chi connectivity index (χ4v) is 5.38. The predicted molar refractivity (Wildman–Crippen MR) is 105 cm³/mol. The van der Waals surface area contributed by atoms with Crippen molar-refractivity contribution in [2.45, 2.75) is 37.6 Å². The van der Waals surface area contributed by atoms with E-state index < -0.39 is 21.7 Å². The predicted octanol–water partition coefficient (Wildman–Crippen LogP) is 3.54. The summed E-state index contributed by atoms with van der Waals surface area (Å²) in [7, 11) is -3.99. The fraction of sp³-hybridized carbons (Fsp3) is 0.400. The van der Waals surface area contributed by atoms with E-state index in [2.05, 4.69) is 23.4 Å². The maximum Gasteiger partial charge on any atom is 0.243 e. The lowest BCUT2D eigenvalue weighted by Crippen LogP contribution is -2.29. The summed E-state index contributed by atoms with van der Waals surface area (Å²) < 4.78 is 56.3. The van der Waals surface area contributed by atoms with Gasteiger partial charge in [0, 0.05) is 37.8 Å². The molecule has 0 bridgehead atoms. The maximum absolute atomic E-state index is 13.5. The minimum absolute atomic E-state index is 0.102. The lowest BCUT2D eigenvalue weighted by Gasteiger charge is -2.18. The summed E-state index contributed by atoms with van der Waals surface area (Å²) in [5.41, 5.74) is 1.74. The molecule has 0 unspecified atom stereocenters. The van der Waals surface area contributed by atoms with Crippen LogP contribution in [0.2, 0.25) is 0 Å². The Hall–Kier alpha value is -2.39. The summed E-state index contributed by atoms with van der Waals surface area (Å²) in [6, 6.07) is 4.21. The lowest BCUT2D eigenvalue weighted by atomic mass is 10.1. The van der Waals surface area contributed by atoms with Crippen molar-refractivity contribution in [2.75, 3.05) is 13.1 Å². The average Bonchev–Trinajstić information content (AvgIpc) is 3.26. The quantitative estimate of drug-likeness (QED) is 0.633. The largest absolute Gasteiger partial charge is 0.326 e. The number of hydrogen-bond acceptors (Lipinski definition) is 4. The number of halogens is 2. The van der Waals surface area contributed by atoms with Crippen LogP contribution in [-0.2, 0) is 16.6 Å². The molecule has 0 N–H and O–H groups in total. The summed E-state index contributed by atoms with van der Waals surface area (Å²) in [4.78, 5) is 8.57. The normalized spacial score (nSPS) is 18.2. The van der Waals surface area contributed by atoms with Gasteiger partial charge < -0.3 is 4.57 Å². The summed E-state index contributed by atoms with van der Waals surface area (Å²) in [5.74, 6) is -0.724. The molecular formula is C20H22F2N4O2S. The minimum atomic E-state index is -3.99. The average molecular weight is 420 g/mol. The van der Waals surface area contributed by atoms with Crippen LogP contribution < -0.4 is 0 Å². The molecule has 1 aliphatic rings. The van der Waals surface area contributed by atoms with Gasteiger partial charge in [-0.25, -0.2) is 22.2 Å². The molecule has 4 rings (SSSR count). The number of hydrogen-bond donors (Lipinski definition) is 0. The van der Waals surface area contributed by atoms with Gasteiger partial charge in [-0.1, -0.05) is 13.8 Å². The first-order valence-electron chi connectivity index (χ1n) is 9.52. The van der Waals surface area contributed by atoms with Crippen LogP contribution in [0.15, 0.2) is 41.6 Å². The molecular weight excluding hydrogens is 398 g/mol. The molecule has 3 heterocycles.